The van der Waals surface area contributed by atoms with Gasteiger partial charge in [-0.25, -0.2) is 8.51 Å². The van der Waals surface area contributed by atoms with Gasteiger partial charge in [-0.1, -0.05) is 35.9 Å². The molecule has 130 valence electrons. The first-order chi connectivity index (χ1) is 12.0. The van der Waals surface area contributed by atoms with Crippen molar-refractivity contribution in [1.82, 2.24) is 4.31 Å². The van der Waals surface area contributed by atoms with E-state index in [9.17, 15) is 9.00 Å². The zero-order valence-electron chi connectivity index (χ0n) is 13.9. The minimum atomic E-state index is -1.26. The Hall–Kier alpha value is -1.69. The van der Waals surface area contributed by atoms with Crippen molar-refractivity contribution in [1.29, 1.82) is 0 Å². The van der Waals surface area contributed by atoms with Gasteiger partial charge in [0.1, 0.15) is 11.0 Å². The van der Waals surface area contributed by atoms with Crippen LogP contribution in [0.15, 0.2) is 47.4 Å². The Bertz CT molecular complexity index is 875. The van der Waals surface area contributed by atoms with Crippen molar-refractivity contribution in [2.45, 2.75) is 30.1 Å². The quantitative estimate of drug-likeness (QED) is 0.872. The second-order valence-corrected chi connectivity index (χ2v) is 8.48. The predicted molar refractivity (Wildman–Crippen MR) is 100 cm³/mol. The number of halogens is 1. The minimum Gasteiger partial charge on any atom is -0.325 e. The zero-order valence-corrected chi connectivity index (χ0v) is 15.5. The van der Waals surface area contributed by atoms with E-state index in [-0.39, 0.29) is 5.91 Å². The summed E-state index contributed by atoms with van der Waals surface area (Å²) in [5.74, 6) is 0.0677. The van der Waals surface area contributed by atoms with Crippen LogP contribution in [0.4, 0.5) is 5.69 Å². The molecule has 2 heterocycles. The van der Waals surface area contributed by atoms with E-state index in [0.717, 1.165) is 21.7 Å². The number of anilines is 1. The average molecular weight is 375 g/mol. The Balaban J connectivity index is 1.57. The first-order valence-electron chi connectivity index (χ1n) is 8.36. The molecule has 1 amide bonds. The number of para-hydroxylation sites is 1. The van der Waals surface area contributed by atoms with Gasteiger partial charge in [-0.3, -0.25) is 4.79 Å². The summed E-state index contributed by atoms with van der Waals surface area (Å²) in [5.41, 5.74) is 2.35. The average Bonchev–Trinajstić information content (AvgIpc) is 2.89. The molecule has 0 bridgehead atoms. The highest BCUT2D eigenvalue weighted by atomic mass is 35.5. The van der Waals surface area contributed by atoms with E-state index in [2.05, 4.69) is 5.32 Å². The lowest BCUT2D eigenvalue weighted by molar-refractivity contribution is -0.122. The van der Waals surface area contributed by atoms with Gasteiger partial charge in [0.25, 0.3) is 0 Å². The molecule has 6 heteroatoms. The number of fused-ring (bicyclic) bond motifs is 2. The topological polar surface area (TPSA) is 49.4 Å². The molecule has 2 aromatic rings. The fourth-order valence-corrected chi connectivity index (χ4v) is 5.41. The molecule has 1 spiro atoms. The number of hydrogen-bond donors (Lipinski definition) is 1. The lowest BCUT2D eigenvalue weighted by Gasteiger charge is -2.37. The summed E-state index contributed by atoms with van der Waals surface area (Å²) in [4.78, 5) is 13.4. The monoisotopic (exact) mass is 374 g/mol. The van der Waals surface area contributed by atoms with Gasteiger partial charge >= 0.3 is 0 Å². The molecule has 0 radical (unpaired) electrons. The third-order valence-electron chi connectivity index (χ3n) is 5.34. The number of rotatable bonds is 2. The highest BCUT2D eigenvalue weighted by molar-refractivity contribution is 7.82. The van der Waals surface area contributed by atoms with E-state index in [1.54, 1.807) is 0 Å². The second-order valence-electron chi connectivity index (χ2n) is 6.62. The lowest BCUT2D eigenvalue weighted by atomic mass is 9.74. The smallest absolute Gasteiger partial charge is 0.235 e. The van der Waals surface area contributed by atoms with Crippen molar-refractivity contribution in [3.63, 3.8) is 0 Å². The third kappa shape index (κ3) is 2.62. The summed E-state index contributed by atoms with van der Waals surface area (Å²) < 4.78 is 14.9. The largest absolute Gasteiger partial charge is 0.325 e. The molecule has 4 rings (SSSR count). The summed E-state index contributed by atoms with van der Waals surface area (Å²) in [6, 6.07) is 13.4. The maximum absolute atomic E-state index is 13.0. The van der Waals surface area contributed by atoms with Gasteiger partial charge in [-0.2, -0.15) is 0 Å². The first kappa shape index (κ1) is 16.8. The van der Waals surface area contributed by atoms with E-state index >= 15 is 0 Å². The first-order valence-corrected chi connectivity index (χ1v) is 9.84. The Kier molecular flexibility index (Phi) is 4.18. The number of nitrogens with zero attached hydrogens (tertiary/aromatic N) is 1. The molecule has 2 aliphatic heterocycles. The van der Waals surface area contributed by atoms with Crippen molar-refractivity contribution < 1.29 is 9.00 Å². The molecule has 1 N–H and O–H groups in total. The number of amides is 1. The normalized spacial score (nSPS) is 20.3. The van der Waals surface area contributed by atoms with Crippen LogP contribution in [0.2, 0.25) is 5.02 Å². The summed E-state index contributed by atoms with van der Waals surface area (Å²) in [6.45, 7) is 3.11. The Labute approximate surface area is 154 Å². The molecule has 1 saturated heterocycles. The summed E-state index contributed by atoms with van der Waals surface area (Å²) >= 11 is 6.16. The van der Waals surface area contributed by atoms with E-state index in [1.165, 1.54) is 0 Å². The lowest BCUT2D eigenvalue weighted by Crippen LogP contribution is -2.46. The predicted octanol–water partition coefficient (Wildman–Crippen LogP) is 3.66. The van der Waals surface area contributed by atoms with Crippen molar-refractivity contribution >= 4 is 34.2 Å². The van der Waals surface area contributed by atoms with Crippen molar-refractivity contribution in [3.8, 4) is 0 Å². The standard InChI is InChI=1S/C19H19ClN2O2S/c1-13-15(20)6-4-8-17(13)25(24)22-11-9-19(10-12-22)14-5-2-3-7-16(14)21-18(19)23/h2-8H,9-12H2,1H3,(H,21,23). The molecular weight excluding hydrogens is 356 g/mol. The number of nitrogens with one attached hydrogen (secondary N) is 1. The molecule has 4 nitrogen and oxygen atoms in total. The Morgan fingerprint density at radius 1 is 1.12 bits per heavy atom. The van der Waals surface area contributed by atoms with Crippen LogP contribution in [0.1, 0.15) is 24.0 Å². The van der Waals surface area contributed by atoms with Gasteiger partial charge in [0.2, 0.25) is 5.91 Å². The molecule has 2 aliphatic rings. The molecule has 0 aromatic heterocycles. The third-order valence-corrected chi connectivity index (χ3v) is 7.40. The van der Waals surface area contributed by atoms with Gasteiger partial charge in [0.05, 0.1) is 10.3 Å². The summed E-state index contributed by atoms with van der Waals surface area (Å²) in [5, 5.41) is 3.63. The van der Waals surface area contributed by atoms with Crippen LogP contribution in [0.25, 0.3) is 0 Å². The van der Waals surface area contributed by atoms with Crippen molar-refractivity contribution in [2.24, 2.45) is 0 Å². The minimum absolute atomic E-state index is 0.0677. The van der Waals surface area contributed by atoms with Gasteiger partial charge in [-0.05, 0) is 49.1 Å². The fraction of sp³-hybridized carbons (Fsp3) is 0.316. The molecule has 0 aliphatic carbocycles. The van der Waals surface area contributed by atoms with E-state index < -0.39 is 16.4 Å². The molecule has 1 fully saturated rings. The molecule has 2 aromatic carbocycles. The zero-order chi connectivity index (χ0) is 17.6. The number of carbonyl (C=O) groups excluding carboxylic acids is 1. The number of carbonyl (C=O) groups is 1. The number of benzene rings is 2. The van der Waals surface area contributed by atoms with Crippen LogP contribution in [-0.4, -0.2) is 27.5 Å². The highest BCUT2D eigenvalue weighted by Gasteiger charge is 2.48. The second kappa shape index (κ2) is 6.24. The van der Waals surface area contributed by atoms with E-state index in [0.29, 0.717) is 31.0 Å². The van der Waals surface area contributed by atoms with E-state index in [4.69, 9.17) is 11.6 Å². The number of piperidine rings is 1. The van der Waals surface area contributed by atoms with Gasteiger partial charge in [0.15, 0.2) is 0 Å². The molecule has 0 saturated carbocycles. The Morgan fingerprint density at radius 3 is 2.60 bits per heavy atom. The van der Waals surface area contributed by atoms with Crippen LogP contribution in [0, 0.1) is 6.92 Å². The van der Waals surface area contributed by atoms with Crippen LogP contribution >= 0.6 is 11.6 Å². The summed E-state index contributed by atoms with van der Waals surface area (Å²) in [7, 11) is -1.26. The number of hydrogen-bond acceptors (Lipinski definition) is 2. The van der Waals surface area contributed by atoms with Crippen molar-refractivity contribution in [3.05, 3.63) is 58.6 Å². The maximum atomic E-state index is 13.0. The van der Waals surface area contributed by atoms with Gasteiger partial charge in [0, 0.05) is 23.8 Å². The van der Waals surface area contributed by atoms with Crippen LogP contribution < -0.4 is 5.32 Å². The molecule has 1 unspecified atom stereocenters. The van der Waals surface area contributed by atoms with E-state index in [1.807, 2.05) is 53.7 Å². The molecule has 1 atom stereocenters. The summed E-state index contributed by atoms with van der Waals surface area (Å²) in [6.07, 6.45) is 1.34. The van der Waals surface area contributed by atoms with Crippen LogP contribution in [0.5, 0.6) is 0 Å². The van der Waals surface area contributed by atoms with Crippen LogP contribution in [0.3, 0.4) is 0 Å². The van der Waals surface area contributed by atoms with Gasteiger partial charge < -0.3 is 5.32 Å². The maximum Gasteiger partial charge on any atom is 0.235 e. The SMILES string of the molecule is Cc1c(Cl)cccc1S(=O)N1CCC2(CC1)C(=O)Nc1ccccc12. The van der Waals surface area contributed by atoms with Crippen LogP contribution in [-0.2, 0) is 21.2 Å². The molecular formula is C19H19ClN2O2S. The highest BCUT2D eigenvalue weighted by Crippen LogP contribution is 2.45. The fourth-order valence-electron chi connectivity index (χ4n) is 3.82. The van der Waals surface area contributed by atoms with Crippen molar-refractivity contribution in [2.75, 3.05) is 18.4 Å². The molecule has 25 heavy (non-hydrogen) atoms. The Morgan fingerprint density at radius 2 is 1.84 bits per heavy atom. The van der Waals surface area contributed by atoms with Gasteiger partial charge in [-0.15, -0.1) is 0 Å².